The van der Waals surface area contributed by atoms with Crippen molar-refractivity contribution in [2.45, 2.75) is 13.3 Å². The second-order valence-corrected chi connectivity index (χ2v) is 7.69. The molecule has 1 aliphatic heterocycles. The van der Waals surface area contributed by atoms with E-state index in [1.807, 2.05) is 30.3 Å². The normalized spacial score (nSPS) is 14.0. The molecule has 7 heteroatoms. The molecule has 1 aromatic carbocycles. The summed E-state index contributed by atoms with van der Waals surface area (Å²) in [6.45, 7) is 2.66. The summed E-state index contributed by atoms with van der Waals surface area (Å²) in [6.07, 6.45) is 2.38. The van der Waals surface area contributed by atoms with Gasteiger partial charge in [0.2, 0.25) is 10.0 Å². The van der Waals surface area contributed by atoms with Crippen molar-refractivity contribution in [2.24, 2.45) is 0 Å². The molecule has 0 spiro atoms. The number of benzene rings is 1. The smallest absolute Gasteiger partial charge is 0.250 e. The molecule has 1 aliphatic rings. The van der Waals surface area contributed by atoms with Crippen LogP contribution in [0.1, 0.15) is 18.9 Å². The van der Waals surface area contributed by atoms with Crippen molar-refractivity contribution in [1.82, 2.24) is 9.62 Å². The zero-order valence-electron chi connectivity index (χ0n) is 13.4. The maximum absolute atomic E-state index is 12.1. The highest BCUT2D eigenvalue weighted by molar-refractivity contribution is 7.89. The molecule has 1 N–H and O–H groups in total. The molecule has 1 heterocycles. The highest BCUT2D eigenvalue weighted by atomic mass is 32.2. The van der Waals surface area contributed by atoms with Crippen molar-refractivity contribution in [1.29, 1.82) is 0 Å². The molecular weight excluding hydrogens is 316 g/mol. The van der Waals surface area contributed by atoms with E-state index >= 15 is 0 Å². The number of amides is 1. The molecule has 2 rings (SSSR count). The molecular formula is C16H22N2O4S. The fraction of sp³-hybridized carbons (Fsp3) is 0.438. The van der Waals surface area contributed by atoms with E-state index in [4.69, 9.17) is 4.74 Å². The molecule has 6 nitrogen and oxygen atoms in total. The van der Waals surface area contributed by atoms with E-state index in [0.29, 0.717) is 25.1 Å². The average molecular weight is 338 g/mol. The van der Waals surface area contributed by atoms with Gasteiger partial charge >= 0.3 is 0 Å². The summed E-state index contributed by atoms with van der Waals surface area (Å²) in [5.74, 6) is 0.676. The molecule has 1 aromatic rings. The largest absolute Gasteiger partial charge is 0.488 e. The van der Waals surface area contributed by atoms with Gasteiger partial charge in [0.15, 0.2) is 0 Å². The Bertz CT molecular complexity index is 698. The Morgan fingerprint density at radius 3 is 2.83 bits per heavy atom. The first-order chi connectivity index (χ1) is 10.9. The van der Waals surface area contributed by atoms with Crippen molar-refractivity contribution >= 4 is 22.0 Å². The summed E-state index contributed by atoms with van der Waals surface area (Å²) < 4.78 is 30.1. The van der Waals surface area contributed by atoms with Crippen molar-refractivity contribution in [3.05, 3.63) is 35.4 Å². The number of nitrogens with zero attached hydrogens (tertiary/aromatic N) is 1. The lowest BCUT2D eigenvalue weighted by atomic mass is 10.1. The molecule has 1 amide bonds. The molecule has 0 bridgehead atoms. The Morgan fingerprint density at radius 1 is 1.35 bits per heavy atom. The molecule has 0 atom stereocenters. The van der Waals surface area contributed by atoms with E-state index in [0.717, 1.165) is 11.3 Å². The molecule has 126 valence electrons. The van der Waals surface area contributed by atoms with Crippen LogP contribution in [-0.4, -0.2) is 51.1 Å². The number of ether oxygens (including phenoxy) is 1. The van der Waals surface area contributed by atoms with Gasteiger partial charge in [-0.3, -0.25) is 4.79 Å². The van der Waals surface area contributed by atoms with Gasteiger partial charge in [0.1, 0.15) is 12.4 Å². The molecule has 23 heavy (non-hydrogen) atoms. The van der Waals surface area contributed by atoms with Crippen molar-refractivity contribution in [3.63, 3.8) is 0 Å². The van der Waals surface area contributed by atoms with Crippen LogP contribution in [0.2, 0.25) is 0 Å². The summed E-state index contributed by atoms with van der Waals surface area (Å²) in [4.78, 5) is 12.1. The summed E-state index contributed by atoms with van der Waals surface area (Å²) >= 11 is 0. The second-order valence-electron chi connectivity index (χ2n) is 5.33. The van der Waals surface area contributed by atoms with Gasteiger partial charge in [-0.15, -0.1) is 0 Å². The number of carbonyl (C=O) groups is 1. The van der Waals surface area contributed by atoms with E-state index in [2.05, 4.69) is 5.32 Å². The third kappa shape index (κ3) is 4.56. The van der Waals surface area contributed by atoms with Gasteiger partial charge in [0, 0.05) is 25.7 Å². The number of rotatable bonds is 7. The topological polar surface area (TPSA) is 75.7 Å². The summed E-state index contributed by atoms with van der Waals surface area (Å²) in [5.41, 5.74) is 1.45. The van der Waals surface area contributed by atoms with Gasteiger partial charge in [-0.1, -0.05) is 18.2 Å². The predicted octanol–water partition coefficient (Wildman–Crippen LogP) is 1.25. The van der Waals surface area contributed by atoms with Crippen LogP contribution >= 0.6 is 0 Å². The fourth-order valence-corrected chi connectivity index (χ4v) is 3.07. The van der Waals surface area contributed by atoms with Crippen LogP contribution in [0.3, 0.4) is 0 Å². The first-order valence-corrected chi connectivity index (χ1v) is 9.19. The predicted molar refractivity (Wildman–Crippen MR) is 89.6 cm³/mol. The number of para-hydroxylation sites is 1. The molecule has 0 radical (unpaired) electrons. The first kappa shape index (κ1) is 17.5. The molecule has 0 aliphatic carbocycles. The SMILES string of the molecule is CCS(=O)(=O)N(C)CCCNC(=O)C1=Cc2ccccc2OC1. The van der Waals surface area contributed by atoms with E-state index in [9.17, 15) is 13.2 Å². The highest BCUT2D eigenvalue weighted by Gasteiger charge is 2.17. The van der Waals surface area contributed by atoms with Gasteiger partial charge < -0.3 is 10.1 Å². The average Bonchev–Trinajstić information content (AvgIpc) is 2.57. The van der Waals surface area contributed by atoms with Crippen LogP contribution in [0, 0.1) is 0 Å². The highest BCUT2D eigenvalue weighted by Crippen LogP contribution is 2.25. The van der Waals surface area contributed by atoms with E-state index < -0.39 is 10.0 Å². The van der Waals surface area contributed by atoms with Crippen LogP contribution in [0.4, 0.5) is 0 Å². The van der Waals surface area contributed by atoms with E-state index in [1.165, 1.54) is 4.31 Å². The van der Waals surface area contributed by atoms with Crippen molar-refractivity contribution in [2.75, 3.05) is 32.5 Å². The quantitative estimate of drug-likeness (QED) is 0.759. The third-order valence-corrected chi connectivity index (χ3v) is 5.56. The molecule has 0 fully saturated rings. The summed E-state index contributed by atoms with van der Waals surface area (Å²) in [7, 11) is -1.61. The minimum Gasteiger partial charge on any atom is -0.488 e. The van der Waals surface area contributed by atoms with E-state index in [1.54, 1.807) is 14.0 Å². The van der Waals surface area contributed by atoms with Crippen LogP contribution in [0.15, 0.2) is 29.8 Å². The fourth-order valence-electron chi connectivity index (χ4n) is 2.22. The Kier molecular flexibility index (Phi) is 5.79. The minimum absolute atomic E-state index is 0.0828. The first-order valence-electron chi connectivity index (χ1n) is 7.58. The monoisotopic (exact) mass is 338 g/mol. The Morgan fingerprint density at radius 2 is 2.09 bits per heavy atom. The Hall–Kier alpha value is -1.86. The summed E-state index contributed by atoms with van der Waals surface area (Å²) in [6, 6.07) is 7.54. The number of fused-ring (bicyclic) bond motifs is 1. The lowest BCUT2D eigenvalue weighted by molar-refractivity contribution is -0.117. The minimum atomic E-state index is -3.16. The number of hydrogen-bond donors (Lipinski definition) is 1. The second kappa shape index (κ2) is 7.61. The van der Waals surface area contributed by atoms with Gasteiger partial charge in [0.05, 0.1) is 11.3 Å². The summed E-state index contributed by atoms with van der Waals surface area (Å²) in [5, 5.41) is 2.80. The standard InChI is InChI=1S/C16H22N2O4S/c1-3-23(20,21)18(2)10-6-9-17-16(19)14-11-13-7-4-5-8-15(13)22-12-14/h4-5,7-8,11H,3,6,9-10,12H2,1-2H3,(H,17,19). The van der Waals surface area contributed by atoms with Crippen LogP contribution in [0.25, 0.3) is 6.08 Å². The van der Waals surface area contributed by atoms with Gasteiger partial charge in [-0.2, -0.15) is 0 Å². The van der Waals surface area contributed by atoms with Crippen molar-refractivity contribution in [3.8, 4) is 5.75 Å². The zero-order valence-corrected chi connectivity index (χ0v) is 14.2. The molecule has 0 aromatic heterocycles. The van der Waals surface area contributed by atoms with Crippen LogP contribution < -0.4 is 10.1 Å². The number of sulfonamides is 1. The van der Waals surface area contributed by atoms with Gasteiger partial charge in [-0.25, -0.2) is 12.7 Å². The lowest BCUT2D eigenvalue weighted by Crippen LogP contribution is -2.33. The Balaban J connectivity index is 1.81. The van der Waals surface area contributed by atoms with Crippen LogP contribution in [0.5, 0.6) is 5.75 Å². The molecule has 0 saturated carbocycles. The molecule has 0 saturated heterocycles. The van der Waals surface area contributed by atoms with Crippen molar-refractivity contribution < 1.29 is 17.9 Å². The third-order valence-electron chi connectivity index (χ3n) is 3.70. The Labute approximate surface area is 137 Å². The zero-order chi connectivity index (χ0) is 16.9. The number of hydrogen-bond acceptors (Lipinski definition) is 4. The van der Waals surface area contributed by atoms with Gasteiger partial charge in [0.25, 0.3) is 5.91 Å². The van der Waals surface area contributed by atoms with Gasteiger partial charge in [-0.05, 0) is 25.5 Å². The lowest BCUT2D eigenvalue weighted by Gasteiger charge is -2.18. The van der Waals surface area contributed by atoms with E-state index in [-0.39, 0.29) is 18.3 Å². The maximum Gasteiger partial charge on any atom is 0.250 e. The number of nitrogens with one attached hydrogen (secondary N) is 1. The maximum atomic E-state index is 12.1. The van der Waals surface area contributed by atoms with Crippen LogP contribution in [-0.2, 0) is 14.8 Å². The molecule has 0 unspecified atom stereocenters. The number of carbonyl (C=O) groups excluding carboxylic acids is 1.